The van der Waals surface area contributed by atoms with Crippen LogP contribution in [0.1, 0.15) is 91.1 Å². The summed E-state index contributed by atoms with van der Waals surface area (Å²) in [6.07, 6.45) is -9.43. The summed E-state index contributed by atoms with van der Waals surface area (Å²) < 4.78 is 42.5. The van der Waals surface area contributed by atoms with Crippen LogP contribution in [0.5, 0.6) is 0 Å². The number of aliphatic hydroxyl groups is 2. The van der Waals surface area contributed by atoms with Crippen molar-refractivity contribution < 1.29 is 67.3 Å². The highest BCUT2D eigenvalue weighted by Gasteiger charge is 2.78. The van der Waals surface area contributed by atoms with Gasteiger partial charge in [0, 0.05) is 39.4 Å². The summed E-state index contributed by atoms with van der Waals surface area (Å²) in [5.74, 6) is -4.55. The molecule has 1 unspecified atom stereocenters. The van der Waals surface area contributed by atoms with Gasteiger partial charge in [-0.15, -0.1) is 0 Å². The number of ketones is 1. The molecule has 15 heteroatoms. The average molecular weight is 850 g/mol. The molecular weight excluding hydrogens is 790 g/mol. The number of ether oxygens (including phenoxy) is 7. The molecular formula is C46H59NO14. The van der Waals surface area contributed by atoms with Crippen molar-refractivity contribution in [1.82, 2.24) is 5.32 Å². The number of methoxy groups -OCH3 is 2. The van der Waals surface area contributed by atoms with Gasteiger partial charge in [-0.05, 0) is 70.4 Å². The molecule has 3 aliphatic carbocycles. The number of carbonyl (C=O) groups is 5. The van der Waals surface area contributed by atoms with Gasteiger partial charge in [-0.2, -0.15) is 0 Å². The summed E-state index contributed by atoms with van der Waals surface area (Å²) in [6, 6.07) is 16.4. The Morgan fingerprint density at radius 2 is 1.52 bits per heavy atom. The predicted molar refractivity (Wildman–Crippen MR) is 218 cm³/mol. The molecule has 2 aromatic rings. The quantitative estimate of drug-likeness (QED) is 0.168. The van der Waals surface area contributed by atoms with E-state index in [0.717, 1.165) is 0 Å². The normalized spacial score (nSPS) is 33.2. The van der Waals surface area contributed by atoms with Gasteiger partial charge in [0.1, 0.15) is 41.2 Å². The minimum Gasteiger partial charge on any atom is -0.456 e. The second kappa shape index (κ2) is 16.2. The van der Waals surface area contributed by atoms with Crippen LogP contribution < -0.4 is 5.32 Å². The maximum Gasteiger partial charge on any atom is 0.408 e. The highest BCUT2D eigenvalue weighted by molar-refractivity contribution is 5.94. The highest BCUT2D eigenvalue weighted by atomic mass is 16.6. The van der Waals surface area contributed by atoms with Crippen LogP contribution in [0.3, 0.4) is 0 Å². The molecule has 0 aromatic heterocycles. The van der Waals surface area contributed by atoms with E-state index in [0.29, 0.717) is 11.1 Å². The SMILES string of the molecule is CO[C@H]1C(=O)[C@]2(C)[C@@H](OC)C[C@H]3OC[C@@]3(OC(C)=O)[C@H]2[C@H](OC(=O)c2ccccc2)[C@]2(O)CC(OC(=O)[C@H](O)[C@@](C)(NC(=O)OC(C)(C)C)c3ccccc3)C(C)=C1C2(C)C. The predicted octanol–water partition coefficient (Wildman–Crippen LogP) is 4.74. The number of carbonyl (C=O) groups excluding carboxylic acids is 5. The van der Waals surface area contributed by atoms with Crippen molar-refractivity contribution in [2.24, 2.45) is 16.7 Å². The van der Waals surface area contributed by atoms with Crippen molar-refractivity contribution in [3.05, 3.63) is 82.9 Å². The summed E-state index contributed by atoms with van der Waals surface area (Å²) in [6.45, 7) is 14.2. The Bertz CT molecular complexity index is 2060. The van der Waals surface area contributed by atoms with Crippen LogP contribution in [0.4, 0.5) is 4.79 Å². The Morgan fingerprint density at radius 3 is 2.05 bits per heavy atom. The van der Waals surface area contributed by atoms with Crippen molar-refractivity contribution in [3.63, 3.8) is 0 Å². The number of fused-ring (bicyclic) bond motifs is 5. The molecule has 1 saturated heterocycles. The first-order valence-electron chi connectivity index (χ1n) is 20.5. The molecule has 15 nitrogen and oxygen atoms in total. The highest BCUT2D eigenvalue weighted by Crippen LogP contribution is 2.64. The van der Waals surface area contributed by atoms with E-state index in [1.54, 1.807) is 109 Å². The summed E-state index contributed by atoms with van der Waals surface area (Å²) in [4.78, 5) is 70.6. The van der Waals surface area contributed by atoms with E-state index >= 15 is 4.79 Å². The molecule has 6 rings (SSSR count). The maximum absolute atomic E-state index is 15.6. The van der Waals surface area contributed by atoms with E-state index in [1.807, 2.05) is 0 Å². The van der Waals surface area contributed by atoms with E-state index in [1.165, 1.54) is 28.1 Å². The maximum atomic E-state index is 15.6. The summed E-state index contributed by atoms with van der Waals surface area (Å²) >= 11 is 0. The number of hydrogen-bond donors (Lipinski definition) is 3. The molecule has 61 heavy (non-hydrogen) atoms. The van der Waals surface area contributed by atoms with Crippen molar-refractivity contribution in [2.45, 2.75) is 134 Å². The molecule has 1 aliphatic heterocycles. The molecule has 3 fully saturated rings. The van der Waals surface area contributed by atoms with Crippen LogP contribution in [0.25, 0.3) is 0 Å². The van der Waals surface area contributed by atoms with Gasteiger partial charge >= 0.3 is 24.0 Å². The van der Waals surface area contributed by atoms with E-state index in [2.05, 4.69) is 5.32 Å². The van der Waals surface area contributed by atoms with Gasteiger partial charge in [-0.1, -0.05) is 62.4 Å². The lowest BCUT2D eigenvalue weighted by molar-refractivity contribution is -0.347. The third-order valence-electron chi connectivity index (χ3n) is 13.5. The van der Waals surface area contributed by atoms with E-state index in [9.17, 15) is 29.4 Å². The number of benzene rings is 2. The van der Waals surface area contributed by atoms with E-state index in [-0.39, 0.29) is 24.2 Å². The van der Waals surface area contributed by atoms with Crippen LogP contribution in [-0.2, 0) is 53.1 Å². The number of nitrogens with one attached hydrogen (secondary N) is 1. The number of amides is 1. The molecule has 11 atom stereocenters. The van der Waals surface area contributed by atoms with Gasteiger partial charge in [0.25, 0.3) is 0 Å². The Hall–Kier alpha value is -4.67. The van der Waals surface area contributed by atoms with Gasteiger partial charge in [0.05, 0.1) is 29.6 Å². The Labute approximate surface area is 356 Å². The van der Waals surface area contributed by atoms with Gasteiger partial charge in [-0.3, -0.25) is 9.59 Å². The van der Waals surface area contributed by atoms with Crippen molar-refractivity contribution in [1.29, 1.82) is 0 Å². The van der Waals surface area contributed by atoms with Crippen LogP contribution >= 0.6 is 0 Å². The first-order valence-corrected chi connectivity index (χ1v) is 20.5. The fourth-order valence-corrected chi connectivity index (χ4v) is 10.3. The standard InChI is InChI=1S/C46H59NO14/c1-25-29(58-39(52)36(50)44(9,28-20-16-13-17-21-28)47-40(53)61-41(3,4)5)23-46(54)37(59-38(51)27-18-14-12-15-19-27)34-43(8,35(49)33(56-11)32(25)42(46,6)7)30(55-10)22-31-45(34,24-57-31)60-26(2)48/h12-21,29-31,33-34,36-37,50,54H,22-24H2,1-11H3,(H,47,53)/t29?,30-,31+,33+,34-,36-,37-,43+,44-,45-,46+/m0/s1. The first kappa shape index (κ1) is 45.8. The Kier molecular flexibility index (Phi) is 12.2. The molecule has 3 N–H and O–H groups in total. The van der Waals surface area contributed by atoms with Gasteiger partial charge in [-0.25, -0.2) is 14.4 Å². The van der Waals surface area contributed by atoms with Gasteiger partial charge in [0.15, 0.2) is 17.5 Å². The lowest BCUT2D eigenvalue weighted by Gasteiger charge is -2.67. The first-order chi connectivity index (χ1) is 28.4. The zero-order valence-electron chi connectivity index (χ0n) is 36.7. The van der Waals surface area contributed by atoms with Crippen molar-refractivity contribution in [3.8, 4) is 0 Å². The molecule has 2 aromatic carbocycles. The molecule has 2 saturated carbocycles. The molecule has 1 heterocycles. The third-order valence-corrected chi connectivity index (χ3v) is 13.5. The van der Waals surface area contributed by atoms with Crippen molar-refractivity contribution >= 4 is 29.8 Å². The fraction of sp³-hybridized carbons (Fsp3) is 0.587. The summed E-state index contributed by atoms with van der Waals surface area (Å²) in [7, 11) is 2.79. The Balaban J connectivity index is 1.54. The molecule has 1 amide bonds. The number of esters is 3. The van der Waals surface area contributed by atoms with Crippen LogP contribution in [-0.4, -0.2) is 114 Å². The molecule has 0 radical (unpaired) electrons. The zero-order valence-corrected chi connectivity index (χ0v) is 36.7. The third kappa shape index (κ3) is 7.55. The van der Waals surface area contributed by atoms with Crippen LogP contribution in [0.2, 0.25) is 0 Å². The summed E-state index contributed by atoms with van der Waals surface area (Å²) in [5.41, 5.74) is -8.60. The number of hydrogen-bond acceptors (Lipinski definition) is 14. The largest absolute Gasteiger partial charge is 0.456 e. The second-order valence-corrected chi connectivity index (χ2v) is 18.6. The lowest BCUT2D eigenvalue weighted by atomic mass is 9.44. The van der Waals surface area contributed by atoms with E-state index < -0.39 is 112 Å². The molecule has 332 valence electrons. The smallest absolute Gasteiger partial charge is 0.408 e. The number of aliphatic hydroxyl groups excluding tert-OH is 1. The van der Waals surface area contributed by atoms with E-state index in [4.69, 9.17) is 33.2 Å². The van der Waals surface area contributed by atoms with Gasteiger partial charge < -0.3 is 48.7 Å². The summed E-state index contributed by atoms with van der Waals surface area (Å²) in [5, 5.41) is 28.4. The molecule has 2 bridgehead atoms. The Morgan fingerprint density at radius 1 is 0.918 bits per heavy atom. The number of alkyl carbamates (subject to hydrolysis) is 1. The molecule has 4 aliphatic rings. The van der Waals surface area contributed by atoms with Crippen LogP contribution in [0.15, 0.2) is 71.8 Å². The lowest BCUT2D eigenvalue weighted by Crippen LogP contribution is -2.82. The fourth-order valence-electron chi connectivity index (χ4n) is 10.3. The molecule has 0 spiro atoms. The minimum atomic E-state index is -2.23. The average Bonchev–Trinajstić information content (AvgIpc) is 3.18. The van der Waals surface area contributed by atoms with Crippen molar-refractivity contribution in [2.75, 3.05) is 20.8 Å². The number of rotatable bonds is 10. The monoisotopic (exact) mass is 849 g/mol. The zero-order chi connectivity index (χ0) is 45.1. The van der Waals surface area contributed by atoms with Gasteiger partial charge in [0.2, 0.25) is 0 Å². The topological polar surface area (TPSA) is 202 Å². The minimum absolute atomic E-state index is 0.119. The van der Waals surface area contributed by atoms with Crippen LogP contribution in [0, 0.1) is 16.7 Å². The second-order valence-electron chi connectivity index (χ2n) is 18.6. The number of Topliss-reactive ketones (excluding diaryl/α,β-unsaturated/α-hetero) is 1.